The van der Waals surface area contributed by atoms with Crippen LogP contribution >= 0.6 is 11.8 Å². The Kier molecular flexibility index (Phi) is 5.69. The maximum absolute atomic E-state index is 12.9. The Morgan fingerprint density at radius 1 is 1.07 bits per heavy atom. The van der Waals surface area contributed by atoms with Gasteiger partial charge in [0.15, 0.2) is 0 Å². The van der Waals surface area contributed by atoms with Crippen LogP contribution in [0.3, 0.4) is 0 Å². The molecule has 0 spiro atoms. The minimum atomic E-state index is -0.627. The molecule has 28 heavy (non-hydrogen) atoms. The zero-order chi connectivity index (χ0) is 19.5. The van der Waals surface area contributed by atoms with E-state index < -0.39 is 12.1 Å². The Hall–Kier alpha value is -2.31. The molecule has 1 fully saturated rings. The van der Waals surface area contributed by atoms with E-state index in [1.165, 1.54) is 11.8 Å². The number of likely N-dealkylation sites (tertiary alicyclic amines) is 1. The Bertz CT molecular complexity index is 880. The van der Waals surface area contributed by atoms with Crippen molar-refractivity contribution in [3.05, 3.63) is 65.2 Å². The molecule has 2 amide bonds. The average Bonchev–Trinajstić information content (AvgIpc) is 3.35. The van der Waals surface area contributed by atoms with Crippen molar-refractivity contribution in [2.75, 3.05) is 18.8 Å². The lowest BCUT2D eigenvalue weighted by atomic mass is 10.1. The molecule has 2 aromatic carbocycles. The van der Waals surface area contributed by atoms with Crippen molar-refractivity contribution in [1.82, 2.24) is 10.2 Å². The number of carbonyl (C=O) groups excluding carboxylic acids is 2. The topological polar surface area (TPSA) is 69.6 Å². The van der Waals surface area contributed by atoms with Crippen molar-refractivity contribution >= 4 is 23.6 Å². The third-order valence-electron chi connectivity index (χ3n) is 5.43. The smallest absolute Gasteiger partial charge is 0.252 e. The minimum absolute atomic E-state index is 0.123. The number of benzene rings is 2. The standard InChI is InChI=1S/C22H24N2O3S/c25-18-13-15-7-1-2-8-16(15)21(18)23-22(27)17-9-3-4-10-19(17)28-14-20(26)24-11-5-6-12-24/h1-4,7-10,18,21,25H,5-6,11-14H2,(H,23,27)/t18-,21+/m1/s1. The maximum Gasteiger partial charge on any atom is 0.252 e. The van der Waals surface area contributed by atoms with Gasteiger partial charge in [0.2, 0.25) is 5.91 Å². The quantitative estimate of drug-likeness (QED) is 0.763. The number of rotatable bonds is 5. The van der Waals surface area contributed by atoms with Gasteiger partial charge >= 0.3 is 0 Å². The van der Waals surface area contributed by atoms with E-state index in [9.17, 15) is 14.7 Å². The number of nitrogens with zero attached hydrogens (tertiary/aromatic N) is 1. The van der Waals surface area contributed by atoms with Crippen LogP contribution in [0.2, 0.25) is 0 Å². The summed E-state index contributed by atoms with van der Waals surface area (Å²) in [6.45, 7) is 1.67. The molecule has 6 heteroatoms. The van der Waals surface area contributed by atoms with E-state index in [1.807, 2.05) is 47.4 Å². The summed E-state index contributed by atoms with van der Waals surface area (Å²) in [5.74, 6) is 0.231. The van der Waals surface area contributed by atoms with Crippen molar-refractivity contribution in [1.29, 1.82) is 0 Å². The van der Waals surface area contributed by atoms with Crippen LogP contribution in [-0.2, 0) is 11.2 Å². The number of fused-ring (bicyclic) bond motifs is 1. The van der Waals surface area contributed by atoms with Crippen LogP contribution < -0.4 is 5.32 Å². The van der Waals surface area contributed by atoms with Gasteiger partial charge in [-0.2, -0.15) is 0 Å². The molecular formula is C22H24N2O3S. The third kappa shape index (κ3) is 3.93. The molecule has 1 aliphatic carbocycles. The molecule has 2 N–H and O–H groups in total. The first-order chi connectivity index (χ1) is 13.6. The number of carbonyl (C=O) groups is 2. The molecule has 1 heterocycles. The molecule has 0 aromatic heterocycles. The Labute approximate surface area is 169 Å². The lowest BCUT2D eigenvalue weighted by molar-refractivity contribution is -0.127. The highest BCUT2D eigenvalue weighted by atomic mass is 32.2. The summed E-state index contributed by atoms with van der Waals surface area (Å²) in [4.78, 5) is 28.0. The summed E-state index contributed by atoms with van der Waals surface area (Å²) in [6, 6.07) is 14.7. The van der Waals surface area contributed by atoms with Crippen LogP contribution in [0.1, 0.15) is 40.4 Å². The molecule has 4 rings (SSSR count). The van der Waals surface area contributed by atoms with Gasteiger partial charge in [-0.3, -0.25) is 9.59 Å². The molecule has 5 nitrogen and oxygen atoms in total. The van der Waals surface area contributed by atoms with Crippen LogP contribution in [0.15, 0.2) is 53.4 Å². The molecule has 2 aliphatic rings. The fourth-order valence-electron chi connectivity index (χ4n) is 3.94. The van der Waals surface area contributed by atoms with Crippen molar-refractivity contribution < 1.29 is 14.7 Å². The van der Waals surface area contributed by atoms with E-state index in [-0.39, 0.29) is 11.8 Å². The first kappa shape index (κ1) is 19.0. The van der Waals surface area contributed by atoms with Gasteiger partial charge in [-0.05, 0) is 36.1 Å². The summed E-state index contributed by atoms with van der Waals surface area (Å²) in [6.07, 6.45) is 2.06. The molecule has 1 aliphatic heterocycles. The average molecular weight is 397 g/mol. The van der Waals surface area contributed by atoms with Crippen LogP contribution in [-0.4, -0.2) is 46.8 Å². The third-order valence-corrected chi connectivity index (χ3v) is 6.49. The lowest BCUT2D eigenvalue weighted by Gasteiger charge is -2.19. The van der Waals surface area contributed by atoms with Gasteiger partial charge < -0.3 is 15.3 Å². The number of thioether (sulfide) groups is 1. The number of aliphatic hydroxyl groups excluding tert-OH is 1. The SMILES string of the molecule is O=C(N[C@H]1c2ccccc2C[C@H]1O)c1ccccc1SCC(=O)N1CCCC1. The van der Waals surface area contributed by atoms with E-state index >= 15 is 0 Å². The molecule has 2 aromatic rings. The summed E-state index contributed by atoms with van der Waals surface area (Å²) in [7, 11) is 0. The van der Waals surface area contributed by atoms with Gasteiger partial charge in [-0.15, -0.1) is 11.8 Å². The van der Waals surface area contributed by atoms with Gasteiger partial charge in [0.05, 0.1) is 23.5 Å². The number of hydrogen-bond acceptors (Lipinski definition) is 4. The predicted molar refractivity (Wildman–Crippen MR) is 109 cm³/mol. The van der Waals surface area contributed by atoms with Gasteiger partial charge in [-0.25, -0.2) is 0 Å². The molecule has 0 radical (unpaired) electrons. The second-order valence-corrected chi connectivity index (χ2v) is 8.31. The number of nitrogens with one attached hydrogen (secondary N) is 1. The van der Waals surface area contributed by atoms with Crippen molar-refractivity contribution in [3.8, 4) is 0 Å². The van der Waals surface area contributed by atoms with Crippen LogP contribution in [0.25, 0.3) is 0 Å². The second-order valence-electron chi connectivity index (χ2n) is 7.29. The number of aliphatic hydroxyl groups is 1. The Morgan fingerprint density at radius 2 is 1.79 bits per heavy atom. The van der Waals surface area contributed by atoms with E-state index in [0.717, 1.165) is 42.0 Å². The van der Waals surface area contributed by atoms with Crippen LogP contribution in [0.5, 0.6) is 0 Å². The summed E-state index contributed by atoms with van der Waals surface area (Å²) in [5.41, 5.74) is 2.58. The first-order valence-corrected chi connectivity index (χ1v) is 10.7. The zero-order valence-electron chi connectivity index (χ0n) is 15.6. The van der Waals surface area contributed by atoms with E-state index in [4.69, 9.17) is 0 Å². The molecule has 146 valence electrons. The van der Waals surface area contributed by atoms with Gasteiger partial charge in [0.1, 0.15) is 0 Å². The monoisotopic (exact) mass is 396 g/mol. The summed E-state index contributed by atoms with van der Waals surface area (Å²) < 4.78 is 0. The van der Waals surface area contributed by atoms with Crippen LogP contribution in [0.4, 0.5) is 0 Å². The fraction of sp³-hybridized carbons (Fsp3) is 0.364. The van der Waals surface area contributed by atoms with Gasteiger partial charge in [-0.1, -0.05) is 36.4 Å². The summed E-state index contributed by atoms with van der Waals surface area (Å²) >= 11 is 1.40. The van der Waals surface area contributed by atoms with Crippen LogP contribution in [0, 0.1) is 0 Å². The van der Waals surface area contributed by atoms with E-state index in [2.05, 4.69) is 5.32 Å². The normalized spacial score (nSPS) is 20.8. The van der Waals surface area contributed by atoms with Crippen molar-refractivity contribution in [2.45, 2.75) is 36.3 Å². The minimum Gasteiger partial charge on any atom is -0.390 e. The molecule has 0 unspecified atom stereocenters. The fourth-order valence-corrected chi connectivity index (χ4v) is 4.90. The largest absolute Gasteiger partial charge is 0.390 e. The highest BCUT2D eigenvalue weighted by Gasteiger charge is 2.32. The van der Waals surface area contributed by atoms with Crippen molar-refractivity contribution in [3.63, 3.8) is 0 Å². The predicted octanol–water partition coefficient (Wildman–Crippen LogP) is 2.79. The highest BCUT2D eigenvalue weighted by molar-refractivity contribution is 8.00. The highest BCUT2D eigenvalue weighted by Crippen LogP contribution is 2.32. The Morgan fingerprint density at radius 3 is 2.61 bits per heavy atom. The molecule has 0 saturated carbocycles. The Balaban J connectivity index is 1.45. The van der Waals surface area contributed by atoms with Crippen molar-refractivity contribution in [2.24, 2.45) is 0 Å². The van der Waals surface area contributed by atoms with E-state index in [0.29, 0.717) is 17.7 Å². The molecule has 0 bridgehead atoms. The van der Waals surface area contributed by atoms with Gasteiger partial charge in [0.25, 0.3) is 5.91 Å². The van der Waals surface area contributed by atoms with Gasteiger partial charge in [0, 0.05) is 24.4 Å². The maximum atomic E-state index is 12.9. The zero-order valence-corrected chi connectivity index (χ0v) is 16.5. The molecule has 1 saturated heterocycles. The van der Waals surface area contributed by atoms with E-state index in [1.54, 1.807) is 6.07 Å². The lowest BCUT2D eigenvalue weighted by Crippen LogP contribution is -2.34. The first-order valence-electron chi connectivity index (χ1n) is 9.70. The summed E-state index contributed by atoms with van der Waals surface area (Å²) in [5, 5.41) is 13.4. The number of amides is 2. The molecule has 2 atom stereocenters. The molecular weight excluding hydrogens is 372 g/mol. The number of hydrogen-bond donors (Lipinski definition) is 2. The second kappa shape index (κ2) is 8.37.